The largest absolute Gasteiger partial charge is 0.497 e. The van der Waals surface area contributed by atoms with Crippen LogP contribution in [0.25, 0.3) is 6.08 Å². The first-order valence-electron chi connectivity index (χ1n) is 8.84. The molecule has 0 saturated carbocycles. The molecule has 0 spiro atoms. The molecule has 7 heteroatoms. The van der Waals surface area contributed by atoms with Gasteiger partial charge in [-0.15, -0.1) is 0 Å². The predicted molar refractivity (Wildman–Crippen MR) is 109 cm³/mol. The lowest BCUT2D eigenvalue weighted by molar-refractivity contribution is -0.122. The lowest BCUT2D eigenvalue weighted by Crippen LogP contribution is -2.54. The number of carbonyl (C=O) groups excluding carboxylic acids is 3. The zero-order valence-electron chi connectivity index (χ0n) is 16.1. The maximum absolute atomic E-state index is 13.0. The third-order valence-corrected chi connectivity index (χ3v) is 4.27. The maximum Gasteiger partial charge on any atom is 0.335 e. The number of urea groups is 1. The molecule has 0 aromatic heterocycles. The molecule has 2 aromatic rings. The van der Waals surface area contributed by atoms with Crippen LogP contribution in [0.1, 0.15) is 11.1 Å². The summed E-state index contributed by atoms with van der Waals surface area (Å²) in [5.74, 6) is -0.514. The average Bonchev–Trinajstić information content (AvgIpc) is 2.71. The van der Waals surface area contributed by atoms with Crippen molar-refractivity contribution in [1.82, 2.24) is 5.32 Å². The molecule has 148 valence electrons. The first-order chi connectivity index (χ1) is 13.9. The number of ether oxygens (including phenoxy) is 2. The number of imide groups is 2. The number of hydrogen-bond acceptors (Lipinski definition) is 5. The van der Waals surface area contributed by atoms with E-state index in [1.165, 1.54) is 13.2 Å². The number of amides is 4. The van der Waals surface area contributed by atoms with Gasteiger partial charge in [0, 0.05) is 11.6 Å². The first kappa shape index (κ1) is 19.9. The van der Waals surface area contributed by atoms with E-state index in [1.807, 2.05) is 6.92 Å². The van der Waals surface area contributed by atoms with E-state index in [0.717, 1.165) is 10.5 Å². The minimum atomic E-state index is -0.793. The average molecular weight is 392 g/mol. The molecule has 0 atom stereocenters. The van der Waals surface area contributed by atoms with Gasteiger partial charge >= 0.3 is 6.03 Å². The van der Waals surface area contributed by atoms with Crippen LogP contribution in [0.2, 0.25) is 0 Å². The summed E-state index contributed by atoms with van der Waals surface area (Å²) >= 11 is 0. The van der Waals surface area contributed by atoms with E-state index < -0.39 is 17.8 Å². The highest BCUT2D eigenvalue weighted by Crippen LogP contribution is 2.29. The zero-order chi connectivity index (χ0) is 21.0. The van der Waals surface area contributed by atoms with Gasteiger partial charge in [-0.05, 0) is 37.3 Å². The lowest BCUT2D eigenvalue weighted by atomic mass is 10.1. The van der Waals surface area contributed by atoms with E-state index in [9.17, 15) is 14.4 Å². The van der Waals surface area contributed by atoms with Crippen LogP contribution in [0.3, 0.4) is 0 Å². The number of nitrogens with one attached hydrogen (secondary N) is 1. The van der Waals surface area contributed by atoms with E-state index in [2.05, 4.69) is 11.9 Å². The molecule has 7 nitrogen and oxygen atoms in total. The van der Waals surface area contributed by atoms with Crippen LogP contribution in [-0.4, -0.2) is 31.6 Å². The Labute approximate surface area is 168 Å². The van der Waals surface area contributed by atoms with E-state index in [-0.39, 0.29) is 12.2 Å². The number of nitrogens with zero attached hydrogens (tertiary/aromatic N) is 1. The third-order valence-electron chi connectivity index (χ3n) is 4.27. The van der Waals surface area contributed by atoms with Crippen LogP contribution in [0.15, 0.2) is 60.7 Å². The van der Waals surface area contributed by atoms with E-state index in [0.29, 0.717) is 22.7 Å². The fourth-order valence-electron chi connectivity index (χ4n) is 2.78. The van der Waals surface area contributed by atoms with Crippen molar-refractivity contribution in [2.24, 2.45) is 0 Å². The molecule has 1 aliphatic heterocycles. The summed E-state index contributed by atoms with van der Waals surface area (Å²) in [4.78, 5) is 38.6. The van der Waals surface area contributed by atoms with E-state index in [1.54, 1.807) is 48.5 Å². The molecular weight excluding hydrogens is 372 g/mol. The minimum absolute atomic E-state index is 0.182. The predicted octanol–water partition coefficient (Wildman–Crippen LogP) is 3.23. The highest BCUT2D eigenvalue weighted by molar-refractivity contribution is 6.39. The number of barbiturate groups is 1. The van der Waals surface area contributed by atoms with Crippen LogP contribution < -0.4 is 19.7 Å². The molecule has 4 amide bonds. The molecule has 0 radical (unpaired) electrons. The van der Waals surface area contributed by atoms with Crippen molar-refractivity contribution in [2.75, 3.05) is 18.6 Å². The fourth-order valence-corrected chi connectivity index (χ4v) is 2.78. The van der Waals surface area contributed by atoms with Gasteiger partial charge in [-0.1, -0.05) is 30.4 Å². The molecule has 0 aliphatic carbocycles. The molecule has 0 bridgehead atoms. The smallest absolute Gasteiger partial charge is 0.335 e. The number of rotatable bonds is 6. The van der Waals surface area contributed by atoms with Crippen molar-refractivity contribution >= 4 is 29.6 Å². The highest BCUT2D eigenvalue weighted by atomic mass is 16.5. The topological polar surface area (TPSA) is 84.9 Å². The van der Waals surface area contributed by atoms with Crippen molar-refractivity contribution in [1.29, 1.82) is 0 Å². The summed E-state index contributed by atoms with van der Waals surface area (Å²) < 4.78 is 10.8. The minimum Gasteiger partial charge on any atom is -0.497 e. The van der Waals surface area contributed by atoms with Crippen LogP contribution in [-0.2, 0) is 9.59 Å². The molecule has 1 aliphatic rings. The molecule has 1 heterocycles. The summed E-state index contributed by atoms with van der Waals surface area (Å²) in [7, 11) is 1.52. The molecule has 1 fully saturated rings. The second kappa shape index (κ2) is 8.43. The molecule has 2 aromatic carbocycles. The van der Waals surface area contributed by atoms with Crippen molar-refractivity contribution in [2.45, 2.75) is 6.92 Å². The van der Waals surface area contributed by atoms with Gasteiger partial charge < -0.3 is 9.47 Å². The quantitative estimate of drug-likeness (QED) is 0.463. The van der Waals surface area contributed by atoms with Gasteiger partial charge in [0.15, 0.2) is 0 Å². The zero-order valence-corrected chi connectivity index (χ0v) is 16.1. The number of anilines is 1. The number of aryl methyl sites for hydroxylation is 1. The van der Waals surface area contributed by atoms with Gasteiger partial charge in [0.25, 0.3) is 11.8 Å². The molecular formula is C22H20N2O5. The second-order valence-electron chi connectivity index (χ2n) is 6.30. The SMILES string of the molecule is C=CCOc1cc(OC)ccc1/C=C1\C(=O)NC(=O)N(c2ccc(C)cc2)C1=O. The normalized spacial score (nSPS) is 15.3. The van der Waals surface area contributed by atoms with E-state index in [4.69, 9.17) is 9.47 Å². The van der Waals surface area contributed by atoms with Crippen LogP contribution in [0.4, 0.5) is 10.5 Å². The highest BCUT2D eigenvalue weighted by Gasteiger charge is 2.36. The number of hydrogen-bond donors (Lipinski definition) is 1. The fraction of sp³-hybridized carbons (Fsp3) is 0.136. The van der Waals surface area contributed by atoms with Gasteiger partial charge in [0.1, 0.15) is 23.7 Å². The van der Waals surface area contributed by atoms with Gasteiger partial charge in [-0.2, -0.15) is 0 Å². The number of methoxy groups -OCH3 is 1. The van der Waals surface area contributed by atoms with Gasteiger partial charge in [0.05, 0.1) is 12.8 Å². The number of benzene rings is 2. The van der Waals surface area contributed by atoms with Crippen molar-refractivity contribution in [3.05, 3.63) is 71.8 Å². The Bertz CT molecular complexity index is 1010. The summed E-state index contributed by atoms with van der Waals surface area (Å²) in [5.41, 5.74) is 1.66. The Balaban J connectivity index is 2.02. The Morgan fingerprint density at radius 3 is 2.48 bits per heavy atom. The van der Waals surface area contributed by atoms with Crippen molar-refractivity contribution < 1.29 is 23.9 Å². The Hall–Kier alpha value is -3.87. The summed E-state index contributed by atoms with van der Waals surface area (Å²) in [5, 5.41) is 2.21. The van der Waals surface area contributed by atoms with Crippen LogP contribution in [0, 0.1) is 6.92 Å². The van der Waals surface area contributed by atoms with Gasteiger partial charge in [-0.3, -0.25) is 14.9 Å². The molecule has 1 saturated heterocycles. The Morgan fingerprint density at radius 2 is 1.83 bits per heavy atom. The van der Waals surface area contributed by atoms with E-state index >= 15 is 0 Å². The standard InChI is InChI=1S/C22H20N2O5/c1-4-11-29-19-13-17(28-3)10-7-15(19)12-18-20(25)23-22(27)24(21(18)26)16-8-5-14(2)6-9-16/h4-10,12-13H,1,11H2,2-3H3,(H,23,25,27)/b18-12+. The second-order valence-corrected chi connectivity index (χ2v) is 6.30. The molecule has 3 rings (SSSR count). The first-order valence-corrected chi connectivity index (χ1v) is 8.84. The number of carbonyl (C=O) groups is 3. The lowest BCUT2D eigenvalue weighted by Gasteiger charge is -2.26. The summed E-state index contributed by atoms with van der Waals surface area (Å²) in [6.45, 7) is 5.74. The Kier molecular flexibility index (Phi) is 5.78. The molecule has 0 unspecified atom stereocenters. The summed E-state index contributed by atoms with van der Waals surface area (Å²) in [6, 6.07) is 11.0. The van der Waals surface area contributed by atoms with Gasteiger partial charge in [0.2, 0.25) is 0 Å². The van der Waals surface area contributed by atoms with Crippen LogP contribution >= 0.6 is 0 Å². The third kappa shape index (κ3) is 4.19. The maximum atomic E-state index is 13.0. The van der Waals surface area contributed by atoms with Crippen LogP contribution in [0.5, 0.6) is 11.5 Å². The van der Waals surface area contributed by atoms with Crippen molar-refractivity contribution in [3.63, 3.8) is 0 Å². The summed E-state index contributed by atoms with van der Waals surface area (Å²) in [6.07, 6.45) is 2.97. The van der Waals surface area contributed by atoms with Crippen molar-refractivity contribution in [3.8, 4) is 11.5 Å². The monoisotopic (exact) mass is 392 g/mol. The molecule has 1 N–H and O–H groups in total. The van der Waals surface area contributed by atoms with Gasteiger partial charge in [-0.25, -0.2) is 9.69 Å². The molecule has 29 heavy (non-hydrogen) atoms. The Morgan fingerprint density at radius 1 is 1.10 bits per heavy atom.